The van der Waals surface area contributed by atoms with E-state index in [9.17, 15) is 0 Å². The fourth-order valence-electron chi connectivity index (χ4n) is 2.45. The molecule has 0 aliphatic heterocycles. The normalized spacial score (nSPS) is 11.0. The van der Waals surface area contributed by atoms with Crippen molar-refractivity contribution in [2.45, 2.75) is 33.2 Å². The maximum Gasteiger partial charge on any atom is 0.191 e. The van der Waals surface area contributed by atoms with Gasteiger partial charge in [0.05, 0.1) is 0 Å². The number of aromatic nitrogens is 3. The molecule has 2 N–H and O–H groups in total. The quantitative estimate of drug-likeness (QED) is 0.392. The van der Waals surface area contributed by atoms with Crippen LogP contribution in [-0.2, 0) is 19.4 Å². The first kappa shape index (κ1) is 20.4. The minimum Gasteiger partial charge on any atom is -0.356 e. The number of nitrogens with zero attached hydrogens (tertiary/aromatic N) is 4. The van der Waals surface area contributed by atoms with Crippen molar-refractivity contribution in [2.75, 3.05) is 20.1 Å². The van der Waals surface area contributed by atoms with E-state index in [2.05, 4.69) is 68.5 Å². The molecule has 2 aromatic rings. The second kappa shape index (κ2) is 11.0. The zero-order chi connectivity index (χ0) is 16.5. The van der Waals surface area contributed by atoms with Gasteiger partial charge < -0.3 is 15.2 Å². The highest BCUT2D eigenvalue weighted by atomic mass is 127. The van der Waals surface area contributed by atoms with Crippen LogP contribution in [-0.4, -0.2) is 40.9 Å². The Labute approximate surface area is 161 Å². The number of guanidine groups is 1. The molecule has 0 spiro atoms. The molecule has 7 heteroatoms. The highest BCUT2D eigenvalue weighted by Crippen LogP contribution is 2.03. The summed E-state index contributed by atoms with van der Waals surface area (Å²) in [4.78, 5) is 4.25. The largest absolute Gasteiger partial charge is 0.356 e. The number of hydrogen-bond donors (Lipinski definition) is 2. The average molecular weight is 442 g/mol. The Kier molecular flexibility index (Phi) is 9.36. The predicted molar refractivity (Wildman–Crippen MR) is 109 cm³/mol. The molecule has 0 radical (unpaired) electrons. The van der Waals surface area contributed by atoms with E-state index in [0.717, 1.165) is 44.3 Å². The van der Waals surface area contributed by atoms with E-state index in [1.54, 1.807) is 13.4 Å². The van der Waals surface area contributed by atoms with Gasteiger partial charge in [-0.15, -0.1) is 34.2 Å². The third-order valence-electron chi connectivity index (χ3n) is 3.67. The second-order valence-corrected chi connectivity index (χ2v) is 5.46. The van der Waals surface area contributed by atoms with Gasteiger partial charge in [0.1, 0.15) is 12.2 Å². The number of rotatable bonds is 7. The molecule has 1 aromatic heterocycles. The highest BCUT2D eigenvalue weighted by molar-refractivity contribution is 14.0. The van der Waals surface area contributed by atoms with Crippen molar-refractivity contribution >= 4 is 29.9 Å². The summed E-state index contributed by atoms with van der Waals surface area (Å²) in [6.07, 6.45) is 3.64. The van der Waals surface area contributed by atoms with Crippen molar-refractivity contribution in [2.24, 2.45) is 4.99 Å². The van der Waals surface area contributed by atoms with Crippen molar-refractivity contribution < 1.29 is 0 Å². The molecule has 132 valence electrons. The van der Waals surface area contributed by atoms with Gasteiger partial charge in [-0.25, -0.2) is 0 Å². The summed E-state index contributed by atoms with van der Waals surface area (Å²) in [5.74, 6) is 1.83. The zero-order valence-electron chi connectivity index (χ0n) is 14.6. The van der Waals surface area contributed by atoms with Crippen LogP contribution in [0.2, 0.25) is 0 Å². The molecule has 1 aromatic carbocycles. The third-order valence-corrected chi connectivity index (χ3v) is 3.67. The van der Waals surface area contributed by atoms with E-state index in [4.69, 9.17) is 0 Å². The number of benzene rings is 1. The molecule has 0 fully saturated rings. The van der Waals surface area contributed by atoms with Crippen LogP contribution in [0.1, 0.15) is 23.9 Å². The molecule has 0 amide bonds. The standard InChI is InChI=1S/C17H26N6.HI/c1-4-16-22-21-13-23(16)11-10-20-17(18-3)19-9-8-15-7-5-6-14(2)12-15;/h5-7,12-13H,4,8-11H2,1-3H3,(H2,18,19,20);1H. The Balaban J connectivity index is 0.00000288. The highest BCUT2D eigenvalue weighted by Gasteiger charge is 2.02. The van der Waals surface area contributed by atoms with Crippen LogP contribution in [0.15, 0.2) is 35.6 Å². The SMILES string of the molecule is CCc1nncn1CCNC(=NC)NCCc1cccc(C)c1.I. The molecule has 0 saturated heterocycles. The lowest BCUT2D eigenvalue weighted by Crippen LogP contribution is -2.39. The fourth-order valence-corrected chi connectivity index (χ4v) is 2.45. The summed E-state index contributed by atoms with van der Waals surface area (Å²) in [6.45, 7) is 6.67. The molecule has 0 unspecified atom stereocenters. The summed E-state index contributed by atoms with van der Waals surface area (Å²) in [7, 11) is 1.79. The fraction of sp³-hybridized carbons (Fsp3) is 0.471. The first-order valence-corrected chi connectivity index (χ1v) is 8.09. The van der Waals surface area contributed by atoms with Gasteiger partial charge in [-0.3, -0.25) is 4.99 Å². The van der Waals surface area contributed by atoms with Crippen molar-refractivity contribution in [3.8, 4) is 0 Å². The first-order valence-electron chi connectivity index (χ1n) is 8.09. The van der Waals surface area contributed by atoms with Crippen LogP contribution in [0.3, 0.4) is 0 Å². The summed E-state index contributed by atoms with van der Waals surface area (Å²) >= 11 is 0. The molecule has 6 nitrogen and oxygen atoms in total. The molecule has 0 atom stereocenters. The van der Waals surface area contributed by atoms with Gasteiger partial charge in [0.25, 0.3) is 0 Å². The third kappa shape index (κ3) is 6.46. The molecule has 1 heterocycles. The molecule has 0 aliphatic carbocycles. The Hall–Kier alpha value is -1.64. The summed E-state index contributed by atoms with van der Waals surface area (Å²) in [6, 6.07) is 8.59. The van der Waals surface area contributed by atoms with E-state index in [-0.39, 0.29) is 24.0 Å². The van der Waals surface area contributed by atoms with E-state index >= 15 is 0 Å². The first-order chi connectivity index (χ1) is 11.2. The Bertz CT molecular complexity index is 638. The molecule has 0 bridgehead atoms. The number of nitrogens with one attached hydrogen (secondary N) is 2. The molecule has 0 aliphatic rings. The maximum absolute atomic E-state index is 4.25. The van der Waals surface area contributed by atoms with E-state index in [1.165, 1.54) is 11.1 Å². The van der Waals surface area contributed by atoms with E-state index in [0.29, 0.717) is 0 Å². The summed E-state index contributed by atoms with van der Waals surface area (Å²) in [5, 5.41) is 14.7. The minimum atomic E-state index is 0. The van der Waals surface area contributed by atoms with Gasteiger partial charge >= 0.3 is 0 Å². The predicted octanol–water partition coefficient (Wildman–Crippen LogP) is 2.17. The van der Waals surface area contributed by atoms with Crippen molar-refractivity contribution in [1.29, 1.82) is 0 Å². The van der Waals surface area contributed by atoms with Gasteiger partial charge in [0.2, 0.25) is 0 Å². The lowest BCUT2D eigenvalue weighted by molar-refractivity contribution is 0.632. The Morgan fingerprint density at radius 1 is 1.25 bits per heavy atom. The van der Waals surface area contributed by atoms with Crippen LogP contribution < -0.4 is 10.6 Å². The Morgan fingerprint density at radius 2 is 2.04 bits per heavy atom. The summed E-state index contributed by atoms with van der Waals surface area (Å²) in [5.41, 5.74) is 2.63. The molecule has 0 saturated carbocycles. The molecular weight excluding hydrogens is 415 g/mol. The minimum absolute atomic E-state index is 0. The molecular formula is C17H27IN6. The summed E-state index contributed by atoms with van der Waals surface area (Å²) < 4.78 is 2.06. The van der Waals surface area contributed by atoms with E-state index in [1.807, 2.05) is 0 Å². The van der Waals surface area contributed by atoms with Crippen LogP contribution in [0.25, 0.3) is 0 Å². The lowest BCUT2D eigenvalue weighted by atomic mass is 10.1. The lowest BCUT2D eigenvalue weighted by Gasteiger charge is -2.12. The van der Waals surface area contributed by atoms with Crippen molar-refractivity contribution in [3.05, 3.63) is 47.5 Å². The number of aliphatic imine (C=N–C) groups is 1. The molecule has 2 rings (SSSR count). The van der Waals surface area contributed by atoms with Crippen LogP contribution >= 0.6 is 24.0 Å². The van der Waals surface area contributed by atoms with Crippen molar-refractivity contribution in [3.63, 3.8) is 0 Å². The van der Waals surface area contributed by atoms with Gasteiger partial charge in [-0.1, -0.05) is 36.8 Å². The number of aryl methyl sites for hydroxylation is 2. The smallest absolute Gasteiger partial charge is 0.191 e. The zero-order valence-corrected chi connectivity index (χ0v) is 16.9. The van der Waals surface area contributed by atoms with Crippen molar-refractivity contribution in [1.82, 2.24) is 25.4 Å². The van der Waals surface area contributed by atoms with Crippen LogP contribution in [0, 0.1) is 6.92 Å². The van der Waals surface area contributed by atoms with Crippen LogP contribution in [0.5, 0.6) is 0 Å². The van der Waals surface area contributed by atoms with E-state index < -0.39 is 0 Å². The topological polar surface area (TPSA) is 67.1 Å². The van der Waals surface area contributed by atoms with Gasteiger partial charge in [0, 0.05) is 33.1 Å². The Morgan fingerprint density at radius 3 is 2.75 bits per heavy atom. The second-order valence-electron chi connectivity index (χ2n) is 5.46. The van der Waals surface area contributed by atoms with Gasteiger partial charge in [0.15, 0.2) is 5.96 Å². The maximum atomic E-state index is 4.25. The monoisotopic (exact) mass is 442 g/mol. The van der Waals surface area contributed by atoms with Crippen LogP contribution in [0.4, 0.5) is 0 Å². The van der Waals surface area contributed by atoms with Gasteiger partial charge in [-0.05, 0) is 18.9 Å². The molecule has 24 heavy (non-hydrogen) atoms. The van der Waals surface area contributed by atoms with Gasteiger partial charge in [-0.2, -0.15) is 0 Å². The number of hydrogen-bond acceptors (Lipinski definition) is 3. The average Bonchev–Trinajstić information content (AvgIpc) is 3.01. The number of halogens is 1.